The fourth-order valence-corrected chi connectivity index (χ4v) is 3.62. The average Bonchev–Trinajstić information content (AvgIpc) is 2.64. The number of carbonyl (C=O) groups excluding carboxylic acids is 1. The van der Waals surface area contributed by atoms with Gasteiger partial charge in [-0.05, 0) is 30.0 Å². The lowest BCUT2D eigenvalue weighted by Crippen LogP contribution is -2.28. The molecular formula is C19H19ClN2O5. The molecule has 1 aromatic heterocycles. The van der Waals surface area contributed by atoms with Crippen molar-refractivity contribution in [2.24, 2.45) is 11.1 Å². The monoisotopic (exact) mass is 390 g/mol. The smallest absolute Gasteiger partial charge is 0.322 e. The molecule has 0 spiro atoms. The van der Waals surface area contributed by atoms with Gasteiger partial charge in [0.1, 0.15) is 17.9 Å². The third-order valence-electron chi connectivity index (χ3n) is 4.73. The molecule has 0 saturated carbocycles. The van der Waals surface area contributed by atoms with E-state index >= 15 is 0 Å². The number of hydrogen-bond donors (Lipinski definition) is 1. The highest BCUT2D eigenvalue weighted by molar-refractivity contribution is 6.32. The highest BCUT2D eigenvalue weighted by Crippen LogP contribution is 2.41. The number of carbonyl (C=O) groups is 1. The number of ether oxygens (including phenoxy) is 1. The van der Waals surface area contributed by atoms with Crippen LogP contribution in [0.2, 0.25) is 5.02 Å². The van der Waals surface area contributed by atoms with Crippen molar-refractivity contribution in [3.63, 3.8) is 0 Å². The van der Waals surface area contributed by atoms with Gasteiger partial charge in [0.2, 0.25) is 0 Å². The van der Waals surface area contributed by atoms with Crippen LogP contribution in [0.3, 0.4) is 0 Å². The van der Waals surface area contributed by atoms with Gasteiger partial charge in [-0.2, -0.15) is 0 Å². The molecule has 0 unspecified atom stereocenters. The van der Waals surface area contributed by atoms with Crippen LogP contribution in [0, 0.1) is 10.8 Å². The van der Waals surface area contributed by atoms with Crippen LogP contribution in [0.15, 0.2) is 34.4 Å². The van der Waals surface area contributed by atoms with Gasteiger partial charge in [-0.25, -0.2) is 0 Å². The number of rotatable bonds is 5. The molecule has 3 rings (SSSR count). The van der Waals surface area contributed by atoms with E-state index in [9.17, 15) is 14.5 Å². The zero-order valence-corrected chi connectivity index (χ0v) is 15.7. The third kappa shape index (κ3) is 3.52. The number of benzene rings is 1. The molecule has 8 heteroatoms. The number of nitroso groups, excluding NO2 is 1. The van der Waals surface area contributed by atoms with Gasteiger partial charge in [-0.1, -0.05) is 25.4 Å². The van der Waals surface area contributed by atoms with Gasteiger partial charge in [0, 0.05) is 29.0 Å². The summed E-state index contributed by atoms with van der Waals surface area (Å²) in [5.41, 5.74) is 1.55. The van der Waals surface area contributed by atoms with Gasteiger partial charge >= 0.3 is 5.91 Å². The summed E-state index contributed by atoms with van der Waals surface area (Å²) in [6.07, 6.45) is 2.05. The van der Waals surface area contributed by atoms with Gasteiger partial charge < -0.3 is 14.4 Å². The first kappa shape index (κ1) is 19.3. The molecule has 0 aliphatic carbocycles. The molecule has 1 aliphatic heterocycles. The molecule has 1 amide bonds. The molecule has 0 fully saturated rings. The fourth-order valence-electron chi connectivity index (χ4n) is 3.40. The van der Waals surface area contributed by atoms with E-state index in [2.05, 4.69) is 5.18 Å². The van der Waals surface area contributed by atoms with Crippen molar-refractivity contribution in [1.82, 2.24) is 4.57 Å². The van der Waals surface area contributed by atoms with Gasteiger partial charge in [0.15, 0.2) is 5.43 Å². The van der Waals surface area contributed by atoms with Crippen molar-refractivity contribution >= 4 is 17.5 Å². The number of fused-ring (bicyclic) bond motifs is 3. The molecule has 1 N–H and O–H groups in total. The lowest BCUT2D eigenvalue weighted by molar-refractivity contribution is 0.0998. The number of amides is 1. The lowest BCUT2D eigenvalue weighted by atomic mass is 9.87. The number of pyridine rings is 1. The summed E-state index contributed by atoms with van der Waals surface area (Å²) in [6, 6.07) is 4.85. The number of nitrogens with zero attached hydrogens (tertiary/aromatic N) is 2. The van der Waals surface area contributed by atoms with Crippen LogP contribution in [-0.2, 0) is 6.42 Å². The molecule has 1 aliphatic rings. The average molecular weight is 391 g/mol. The molecule has 1 aromatic carbocycles. The van der Waals surface area contributed by atoms with Crippen LogP contribution in [0.25, 0.3) is 11.3 Å². The third-order valence-corrected chi connectivity index (χ3v) is 5.03. The van der Waals surface area contributed by atoms with Crippen molar-refractivity contribution < 1.29 is 14.6 Å². The SMILES string of the molecule is CC(C)[C@@H]1Cc2cc(OCCO)c(Cl)cc2-c2cc(=O)c(C(=O)N=O)cn21. The minimum absolute atomic E-state index is 0.0295. The Balaban J connectivity index is 2.21. The van der Waals surface area contributed by atoms with Crippen LogP contribution in [0.4, 0.5) is 0 Å². The van der Waals surface area contributed by atoms with Crippen molar-refractivity contribution in [3.05, 3.63) is 55.7 Å². The molecule has 27 heavy (non-hydrogen) atoms. The van der Waals surface area contributed by atoms with Crippen LogP contribution < -0.4 is 10.2 Å². The number of aromatic nitrogens is 1. The number of halogens is 1. The Bertz CT molecular complexity index is 967. The highest BCUT2D eigenvalue weighted by Gasteiger charge is 2.29. The second-order valence-corrected chi connectivity index (χ2v) is 7.17. The normalized spacial score (nSPS) is 15.2. The fraction of sp³-hybridized carbons (Fsp3) is 0.368. The predicted octanol–water partition coefficient (Wildman–Crippen LogP) is 3.20. The topological polar surface area (TPSA) is 98.0 Å². The van der Waals surface area contributed by atoms with Crippen LogP contribution >= 0.6 is 11.6 Å². The van der Waals surface area contributed by atoms with Crippen molar-refractivity contribution in [3.8, 4) is 17.0 Å². The number of aliphatic hydroxyl groups excluding tert-OH is 1. The summed E-state index contributed by atoms with van der Waals surface area (Å²) in [4.78, 5) is 34.7. The summed E-state index contributed by atoms with van der Waals surface area (Å²) >= 11 is 6.30. The summed E-state index contributed by atoms with van der Waals surface area (Å²) in [6.45, 7) is 4.08. The Labute approximate surface area is 160 Å². The Kier molecular flexibility index (Phi) is 5.43. The van der Waals surface area contributed by atoms with E-state index in [1.54, 1.807) is 6.07 Å². The van der Waals surface area contributed by atoms with E-state index in [1.807, 2.05) is 24.5 Å². The first-order valence-corrected chi connectivity index (χ1v) is 8.95. The maximum Gasteiger partial charge on any atom is 0.322 e. The molecule has 7 nitrogen and oxygen atoms in total. The summed E-state index contributed by atoms with van der Waals surface area (Å²) in [5.74, 6) is -0.404. The second kappa shape index (κ2) is 7.62. The first-order chi connectivity index (χ1) is 12.9. The minimum Gasteiger partial charge on any atom is -0.490 e. The molecule has 142 valence electrons. The first-order valence-electron chi connectivity index (χ1n) is 8.57. The minimum atomic E-state index is -1.07. The zero-order chi connectivity index (χ0) is 19.7. The van der Waals surface area contributed by atoms with Crippen molar-refractivity contribution in [2.75, 3.05) is 13.2 Å². The van der Waals surface area contributed by atoms with E-state index in [1.165, 1.54) is 12.3 Å². The second-order valence-electron chi connectivity index (χ2n) is 6.77. The Morgan fingerprint density at radius 1 is 1.41 bits per heavy atom. The lowest BCUT2D eigenvalue weighted by Gasteiger charge is -2.33. The molecule has 1 atom stereocenters. The highest BCUT2D eigenvalue weighted by atomic mass is 35.5. The van der Waals surface area contributed by atoms with Gasteiger partial charge in [-0.3, -0.25) is 9.59 Å². The van der Waals surface area contributed by atoms with Crippen LogP contribution in [0.5, 0.6) is 5.75 Å². The molecule has 2 aromatic rings. The zero-order valence-electron chi connectivity index (χ0n) is 14.9. The largest absolute Gasteiger partial charge is 0.490 e. The number of aliphatic hydroxyl groups is 1. The van der Waals surface area contributed by atoms with E-state index < -0.39 is 11.3 Å². The molecular weight excluding hydrogens is 372 g/mol. The van der Waals surface area contributed by atoms with E-state index in [4.69, 9.17) is 21.4 Å². The van der Waals surface area contributed by atoms with Crippen molar-refractivity contribution in [1.29, 1.82) is 0 Å². The predicted molar refractivity (Wildman–Crippen MR) is 101 cm³/mol. The summed E-state index contributed by atoms with van der Waals surface area (Å²) < 4.78 is 7.33. The molecule has 0 radical (unpaired) electrons. The van der Waals surface area contributed by atoms with Crippen LogP contribution in [0.1, 0.15) is 35.8 Å². The Morgan fingerprint density at radius 2 is 2.15 bits per heavy atom. The van der Waals surface area contributed by atoms with Crippen molar-refractivity contribution in [2.45, 2.75) is 26.3 Å². The van der Waals surface area contributed by atoms with Gasteiger partial charge in [-0.15, -0.1) is 4.91 Å². The molecule has 2 heterocycles. The van der Waals surface area contributed by atoms with Crippen LogP contribution in [-0.4, -0.2) is 28.8 Å². The maximum absolute atomic E-state index is 12.4. The quantitative estimate of drug-likeness (QED) is 0.790. The maximum atomic E-state index is 12.4. The summed E-state index contributed by atoms with van der Waals surface area (Å²) in [5, 5.41) is 11.7. The molecule has 0 bridgehead atoms. The summed E-state index contributed by atoms with van der Waals surface area (Å²) in [7, 11) is 0. The van der Waals surface area contributed by atoms with Gasteiger partial charge in [0.25, 0.3) is 0 Å². The van der Waals surface area contributed by atoms with E-state index in [0.717, 1.165) is 11.1 Å². The molecule has 0 saturated heterocycles. The van der Waals surface area contributed by atoms with Gasteiger partial charge in [0.05, 0.1) is 17.3 Å². The van der Waals surface area contributed by atoms with E-state index in [0.29, 0.717) is 22.9 Å². The van der Waals surface area contributed by atoms with E-state index in [-0.39, 0.29) is 30.7 Å². The standard InChI is InChI=1S/C19H19ClN2O5/c1-10(2)15-5-11-6-18(27-4-3-23)14(20)7-12(11)16-8-17(24)13(9-22(15)16)19(25)21-26/h6-10,15,23H,3-5H2,1-2H3/t15-/m0/s1. The Morgan fingerprint density at radius 3 is 2.78 bits per heavy atom. The number of hydrogen-bond acceptors (Lipinski definition) is 5. The Hall–Kier alpha value is -2.51.